The van der Waals surface area contributed by atoms with E-state index in [1.54, 1.807) is 0 Å². The number of amides is 1. The molecule has 2 atom stereocenters. The van der Waals surface area contributed by atoms with Crippen molar-refractivity contribution in [2.24, 2.45) is 10.7 Å². The van der Waals surface area contributed by atoms with Crippen LogP contribution in [0.1, 0.15) is 6.42 Å². The third-order valence-corrected chi connectivity index (χ3v) is 1.67. The van der Waals surface area contributed by atoms with Gasteiger partial charge in [-0.25, -0.2) is 4.79 Å². The summed E-state index contributed by atoms with van der Waals surface area (Å²) in [4.78, 5) is 24.4. The molecule has 0 saturated heterocycles. The van der Waals surface area contributed by atoms with Crippen LogP contribution in [0.15, 0.2) is 4.99 Å². The van der Waals surface area contributed by atoms with Gasteiger partial charge in [-0.3, -0.25) is 9.79 Å². The number of nitrogens with two attached hydrogens (primary N) is 1. The molecule has 1 rings (SSSR count). The summed E-state index contributed by atoms with van der Waals surface area (Å²) in [5.74, 6) is -2.15. The number of rotatable bonds is 2. The zero-order valence-electron chi connectivity index (χ0n) is 6.10. The minimum absolute atomic E-state index is 0.280. The van der Waals surface area contributed by atoms with Gasteiger partial charge in [0.05, 0.1) is 0 Å². The van der Waals surface area contributed by atoms with Crippen LogP contribution >= 0.6 is 0 Å². The van der Waals surface area contributed by atoms with E-state index in [1.165, 1.54) is 0 Å². The molecule has 0 bridgehead atoms. The second kappa shape index (κ2) is 2.56. The normalized spacial score (nSPS) is 33.6. The third-order valence-electron chi connectivity index (χ3n) is 1.67. The van der Waals surface area contributed by atoms with Crippen molar-refractivity contribution < 1.29 is 19.8 Å². The fourth-order valence-corrected chi connectivity index (χ4v) is 0.930. The van der Waals surface area contributed by atoms with E-state index in [0.717, 1.165) is 6.21 Å². The summed E-state index contributed by atoms with van der Waals surface area (Å²) in [5, 5.41) is 17.7. The first-order chi connectivity index (χ1) is 5.46. The van der Waals surface area contributed by atoms with Crippen LogP contribution in [0, 0.1) is 0 Å². The number of aliphatic hydroxyl groups is 1. The van der Waals surface area contributed by atoms with E-state index < -0.39 is 23.5 Å². The van der Waals surface area contributed by atoms with Crippen LogP contribution in [0.5, 0.6) is 0 Å². The van der Waals surface area contributed by atoms with E-state index in [-0.39, 0.29) is 6.42 Å². The molecule has 6 heteroatoms. The minimum atomic E-state index is -2.03. The van der Waals surface area contributed by atoms with Crippen molar-refractivity contribution in [3.8, 4) is 0 Å². The molecule has 0 spiro atoms. The fourth-order valence-electron chi connectivity index (χ4n) is 0.930. The predicted octanol–water partition coefficient (Wildman–Crippen LogP) is -1.87. The number of aliphatic carboxylic acids is 1. The highest BCUT2D eigenvalue weighted by Crippen LogP contribution is 2.19. The van der Waals surface area contributed by atoms with E-state index in [2.05, 4.69) is 4.99 Å². The molecule has 0 aromatic heterocycles. The maximum absolute atomic E-state index is 10.5. The monoisotopic (exact) mass is 172 g/mol. The lowest BCUT2D eigenvalue weighted by Crippen LogP contribution is -2.40. The van der Waals surface area contributed by atoms with E-state index in [1.807, 2.05) is 0 Å². The molecular formula is C6H8N2O4. The summed E-state index contributed by atoms with van der Waals surface area (Å²) in [7, 11) is 0. The first-order valence-corrected chi connectivity index (χ1v) is 3.25. The van der Waals surface area contributed by atoms with Crippen molar-refractivity contribution in [1.29, 1.82) is 0 Å². The standard InChI is InChI=1S/C6H8N2O4/c7-4(9)3-1-6(12,2-8-3)5(10)11/h2-3,12H,1H2,(H2,7,9)(H,10,11). The molecular weight excluding hydrogens is 164 g/mol. The summed E-state index contributed by atoms with van der Waals surface area (Å²) in [5.41, 5.74) is 2.83. The molecule has 66 valence electrons. The Morgan fingerprint density at radius 2 is 2.25 bits per heavy atom. The molecule has 0 fully saturated rings. The molecule has 0 aliphatic carbocycles. The quantitative estimate of drug-likeness (QED) is 0.452. The first kappa shape index (κ1) is 8.66. The lowest BCUT2D eigenvalue weighted by Gasteiger charge is -2.12. The minimum Gasteiger partial charge on any atom is -0.479 e. The molecule has 0 aromatic carbocycles. The number of hydrogen-bond donors (Lipinski definition) is 3. The number of hydrogen-bond acceptors (Lipinski definition) is 4. The van der Waals surface area contributed by atoms with Crippen molar-refractivity contribution in [1.82, 2.24) is 0 Å². The Morgan fingerprint density at radius 1 is 1.67 bits per heavy atom. The summed E-state index contributed by atoms with van der Waals surface area (Å²) in [6.07, 6.45) is 0.558. The van der Waals surface area contributed by atoms with Crippen molar-refractivity contribution in [3.63, 3.8) is 0 Å². The van der Waals surface area contributed by atoms with Gasteiger partial charge in [0.15, 0.2) is 5.60 Å². The number of carbonyl (C=O) groups is 2. The lowest BCUT2D eigenvalue weighted by atomic mass is 10.0. The Morgan fingerprint density at radius 3 is 2.50 bits per heavy atom. The zero-order chi connectivity index (χ0) is 9.35. The van der Waals surface area contributed by atoms with Crippen LogP contribution in [0.25, 0.3) is 0 Å². The molecule has 1 aliphatic heterocycles. The van der Waals surface area contributed by atoms with Gasteiger partial charge < -0.3 is 15.9 Å². The van der Waals surface area contributed by atoms with Gasteiger partial charge in [-0.05, 0) is 0 Å². The van der Waals surface area contributed by atoms with E-state index in [9.17, 15) is 14.7 Å². The highest BCUT2D eigenvalue weighted by molar-refractivity contribution is 6.01. The van der Waals surface area contributed by atoms with Gasteiger partial charge in [0, 0.05) is 12.6 Å². The second-order valence-electron chi connectivity index (χ2n) is 2.63. The van der Waals surface area contributed by atoms with E-state index in [0.29, 0.717) is 0 Å². The number of nitrogens with zero attached hydrogens (tertiary/aromatic N) is 1. The smallest absolute Gasteiger partial charge is 0.341 e. The molecule has 0 saturated carbocycles. The molecule has 0 aromatic rings. The van der Waals surface area contributed by atoms with Crippen LogP contribution in [0.3, 0.4) is 0 Å². The van der Waals surface area contributed by atoms with Crippen molar-refractivity contribution in [2.75, 3.05) is 0 Å². The molecule has 1 aliphatic rings. The zero-order valence-corrected chi connectivity index (χ0v) is 6.10. The maximum Gasteiger partial charge on any atom is 0.341 e. The van der Waals surface area contributed by atoms with Crippen molar-refractivity contribution >= 4 is 18.1 Å². The van der Waals surface area contributed by atoms with Crippen molar-refractivity contribution in [2.45, 2.75) is 18.1 Å². The Bertz CT molecular complexity index is 262. The molecule has 1 amide bonds. The van der Waals surface area contributed by atoms with E-state index >= 15 is 0 Å². The molecule has 12 heavy (non-hydrogen) atoms. The van der Waals surface area contributed by atoms with Gasteiger partial charge in [-0.15, -0.1) is 0 Å². The van der Waals surface area contributed by atoms with Crippen LogP contribution in [0.2, 0.25) is 0 Å². The summed E-state index contributed by atoms with van der Waals surface area (Å²) >= 11 is 0. The van der Waals surface area contributed by atoms with Gasteiger partial charge in [0.2, 0.25) is 5.91 Å². The number of carbonyl (C=O) groups excluding carboxylic acids is 1. The summed E-state index contributed by atoms with van der Waals surface area (Å²) in [6.45, 7) is 0. The van der Waals surface area contributed by atoms with Crippen LogP contribution in [-0.4, -0.2) is 39.9 Å². The Labute approximate surface area is 67.7 Å². The topological polar surface area (TPSA) is 113 Å². The third kappa shape index (κ3) is 1.28. The fraction of sp³-hybridized carbons (Fsp3) is 0.500. The average Bonchev–Trinajstić information content (AvgIpc) is 2.33. The second-order valence-corrected chi connectivity index (χ2v) is 2.63. The SMILES string of the molecule is NC(=O)C1CC(O)(C(=O)O)C=N1. The number of aliphatic imine (C=N–C) groups is 1. The van der Waals surface area contributed by atoms with E-state index in [4.69, 9.17) is 10.8 Å². The number of primary amides is 1. The average molecular weight is 172 g/mol. The number of carboxylic acids is 1. The van der Waals surface area contributed by atoms with Gasteiger partial charge >= 0.3 is 5.97 Å². The van der Waals surface area contributed by atoms with Gasteiger partial charge in [-0.2, -0.15) is 0 Å². The Balaban J connectivity index is 2.76. The van der Waals surface area contributed by atoms with Crippen LogP contribution < -0.4 is 5.73 Å². The van der Waals surface area contributed by atoms with Gasteiger partial charge in [0.25, 0.3) is 0 Å². The molecule has 6 nitrogen and oxygen atoms in total. The Hall–Kier alpha value is -1.43. The van der Waals surface area contributed by atoms with Gasteiger partial charge in [-0.1, -0.05) is 0 Å². The van der Waals surface area contributed by atoms with Gasteiger partial charge in [0.1, 0.15) is 6.04 Å². The summed E-state index contributed by atoms with van der Waals surface area (Å²) < 4.78 is 0. The molecule has 2 unspecified atom stereocenters. The van der Waals surface area contributed by atoms with Crippen LogP contribution in [-0.2, 0) is 9.59 Å². The first-order valence-electron chi connectivity index (χ1n) is 3.25. The molecule has 0 radical (unpaired) electrons. The largest absolute Gasteiger partial charge is 0.479 e. The van der Waals surface area contributed by atoms with Crippen LogP contribution in [0.4, 0.5) is 0 Å². The molecule has 4 N–H and O–H groups in total. The molecule has 1 heterocycles. The lowest BCUT2D eigenvalue weighted by molar-refractivity contribution is -0.151. The predicted molar refractivity (Wildman–Crippen MR) is 38.7 cm³/mol. The maximum atomic E-state index is 10.5. The highest BCUT2D eigenvalue weighted by Gasteiger charge is 2.42. The summed E-state index contributed by atoms with van der Waals surface area (Å²) in [6, 6.07) is -0.925. The number of carboxylic acid groups (broad SMARTS) is 1. The highest BCUT2D eigenvalue weighted by atomic mass is 16.4. The Kier molecular flexibility index (Phi) is 1.85. The van der Waals surface area contributed by atoms with Crippen molar-refractivity contribution in [3.05, 3.63) is 0 Å².